The third kappa shape index (κ3) is 3.21. The zero-order chi connectivity index (χ0) is 25.3. The van der Waals surface area contributed by atoms with Gasteiger partial charge in [-0.1, -0.05) is 52.0 Å². The molecule has 1 atom stereocenters. The van der Waals surface area contributed by atoms with E-state index in [0.717, 1.165) is 11.1 Å². The van der Waals surface area contributed by atoms with Crippen LogP contribution in [0, 0.1) is 13.8 Å². The lowest BCUT2D eigenvalue weighted by atomic mass is 9.88. The van der Waals surface area contributed by atoms with Crippen molar-refractivity contribution in [2.24, 2.45) is 0 Å². The number of carbonyl (C=O) groups excluding carboxylic acids is 1. The van der Waals surface area contributed by atoms with Crippen molar-refractivity contribution in [1.82, 2.24) is 0 Å². The van der Waals surface area contributed by atoms with E-state index in [1.165, 1.54) is 0 Å². The second kappa shape index (κ2) is 7.83. The van der Waals surface area contributed by atoms with Crippen LogP contribution in [0.2, 0.25) is 0 Å². The van der Waals surface area contributed by atoms with E-state index in [0.29, 0.717) is 27.5 Å². The third-order valence-electron chi connectivity index (χ3n) is 6.83. The number of ether oxygens (including phenoxy) is 1. The molecular formula is C28H26O7. The van der Waals surface area contributed by atoms with Crippen LogP contribution in [0.1, 0.15) is 78.8 Å². The molecule has 5 rings (SSSR count). The average Bonchev–Trinajstić information content (AvgIpc) is 3.12. The summed E-state index contributed by atoms with van der Waals surface area (Å²) in [6, 6.07) is 7.42. The number of aryl methyl sites for hydroxylation is 2. The molecule has 0 radical (unpaired) electrons. The van der Waals surface area contributed by atoms with E-state index in [9.17, 15) is 19.5 Å². The molecule has 1 aliphatic heterocycles. The molecular weight excluding hydrogens is 448 g/mol. The number of aromatic hydroxyl groups is 1. The minimum Gasteiger partial charge on any atom is -0.507 e. The fourth-order valence-corrected chi connectivity index (χ4v) is 5.01. The van der Waals surface area contributed by atoms with Crippen LogP contribution in [0.4, 0.5) is 0 Å². The summed E-state index contributed by atoms with van der Waals surface area (Å²) < 4.78 is 16.9. The Morgan fingerprint density at radius 2 is 1.23 bits per heavy atom. The van der Waals surface area contributed by atoms with Gasteiger partial charge in [0, 0.05) is 0 Å². The van der Waals surface area contributed by atoms with Gasteiger partial charge in [-0.3, -0.25) is 4.79 Å². The lowest BCUT2D eigenvalue weighted by molar-refractivity contribution is -0.133. The topological polar surface area (TPSA) is 107 Å². The number of benzene rings is 2. The smallest absolute Gasteiger partial charge is 0.344 e. The first kappa shape index (κ1) is 22.9. The number of fused-ring (bicyclic) bond motifs is 4. The molecule has 4 aromatic rings. The van der Waals surface area contributed by atoms with E-state index in [1.807, 2.05) is 52.0 Å². The number of hydrogen-bond donors (Lipinski definition) is 1. The summed E-state index contributed by atoms with van der Waals surface area (Å²) in [6.45, 7) is 11.4. The van der Waals surface area contributed by atoms with Crippen LogP contribution < -0.4 is 16.0 Å². The second-order valence-corrected chi connectivity index (χ2v) is 9.80. The molecule has 3 heterocycles. The summed E-state index contributed by atoms with van der Waals surface area (Å²) in [7, 11) is 0. The van der Waals surface area contributed by atoms with Gasteiger partial charge >= 0.3 is 17.2 Å². The summed E-state index contributed by atoms with van der Waals surface area (Å²) >= 11 is 0. The quantitative estimate of drug-likeness (QED) is 0.308. The Morgan fingerprint density at radius 3 is 1.77 bits per heavy atom. The standard InChI is InChI=1S/C28H26O7/c1-11(2)15-9-7-13(5)23-17(15)22(29)20(27(31)33-23)19-21-25(35-26(19)30)18-16(12(3)4)10-8-14(6)24(18)34-28(21)32/h7-12,19,29H,1-6H3. The van der Waals surface area contributed by atoms with E-state index >= 15 is 0 Å². The summed E-state index contributed by atoms with van der Waals surface area (Å²) in [5.74, 6) is -2.57. The number of hydrogen-bond acceptors (Lipinski definition) is 7. The maximum atomic E-state index is 13.2. The Kier molecular flexibility index (Phi) is 5.13. The van der Waals surface area contributed by atoms with Crippen LogP contribution in [-0.4, -0.2) is 11.1 Å². The van der Waals surface area contributed by atoms with E-state index in [4.69, 9.17) is 13.6 Å². The van der Waals surface area contributed by atoms with Gasteiger partial charge in [-0.15, -0.1) is 0 Å². The maximum absolute atomic E-state index is 13.2. The summed E-state index contributed by atoms with van der Waals surface area (Å²) in [5.41, 5.74) is 1.44. The Bertz CT molecular complexity index is 1670. The molecule has 7 heteroatoms. The molecule has 0 amide bonds. The van der Waals surface area contributed by atoms with Crippen molar-refractivity contribution in [2.45, 2.75) is 59.3 Å². The van der Waals surface area contributed by atoms with Crippen molar-refractivity contribution in [3.05, 3.63) is 78.5 Å². The van der Waals surface area contributed by atoms with Crippen molar-refractivity contribution >= 4 is 27.9 Å². The highest BCUT2D eigenvalue weighted by atomic mass is 16.5. The molecule has 0 aliphatic carbocycles. The van der Waals surface area contributed by atoms with Crippen molar-refractivity contribution in [3.63, 3.8) is 0 Å². The zero-order valence-electron chi connectivity index (χ0n) is 20.4. The highest BCUT2D eigenvalue weighted by Gasteiger charge is 2.44. The number of esters is 1. The molecule has 0 saturated heterocycles. The Morgan fingerprint density at radius 1 is 0.743 bits per heavy atom. The largest absolute Gasteiger partial charge is 0.507 e. The molecule has 0 bridgehead atoms. The Balaban J connectivity index is 1.89. The molecule has 180 valence electrons. The van der Waals surface area contributed by atoms with Crippen molar-refractivity contribution in [3.8, 4) is 11.5 Å². The minimum absolute atomic E-state index is 0.00189. The van der Waals surface area contributed by atoms with Crippen molar-refractivity contribution in [1.29, 1.82) is 0 Å². The van der Waals surface area contributed by atoms with Crippen LogP contribution >= 0.6 is 0 Å². The third-order valence-corrected chi connectivity index (χ3v) is 6.83. The molecule has 0 fully saturated rings. The predicted molar refractivity (Wildman–Crippen MR) is 132 cm³/mol. The summed E-state index contributed by atoms with van der Waals surface area (Å²) in [6.07, 6.45) is 0. The van der Waals surface area contributed by atoms with E-state index in [-0.39, 0.29) is 40.0 Å². The molecule has 1 aliphatic rings. The van der Waals surface area contributed by atoms with Crippen LogP contribution in [0.25, 0.3) is 21.9 Å². The van der Waals surface area contributed by atoms with Crippen LogP contribution in [0.15, 0.2) is 42.7 Å². The van der Waals surface area contributed by atoms with Gasteiger partial charge in [-0.05, 0) is 47.9 Å². The number of rotatable bonds is 3. The molecule has 7 nitrogen and oxygen atoms in total. The van der Waals surface area contributed by atoms with Crippen LogP contribution in [0.5, 0.6) is 11.5 Å². The molecule has 0 spiro atoms. The van der Waals surface area contributed by atoms with Crippen molar-refractivity contribution in [2.75, 3.05) is 0 Å². The van der Waals surface area contributed by atoms with Gasteiger partial charge in [0.1, 0.15) is 28.4 Å². The van der Waals surface area contributed by atoms with Crippen LogP contribution in [0.3, 0.4) is 0 Å². The second-order valence-electron chi connectivity index (χ2n) is 9.80. The molecule has 2 aromatic heterocycles. The van der Waals surface area contributed by atoms with E-state index < -0.39 is 23.1 Å². The molecule has 35 heavy (non-hydrogen) atoms. The molecule has 1 unspecified atom stereocenters. The van der Waals surface area contributed by atoms with Crippen molar-refractivity contribution < 1.29 is 23.5 Å². The highest BCUT2D eigenvalue weighted by Crippen LogP contribution is 2.47. The first-order chi connectivity index (χ1) is 16.5. The first-order valence-electron chi connectivity index (χ1n) is 11.6. The van der Waals surface area contributed by atoms with E-state index in [2.05, 4.69) is 0 Å². The van der Waals surface area contributed by atoms with Gasteiger partial charge in [0.15, 0.2) is 5.75 Å². The molecule has 2 aromatic carbocycles. The van der Waals surface area contributed by atoms with Gasteiger partial charge in [-0.2, -0.15) is 0 Å². The lowest BCUT2D eigenvalue weighted by Gasteiger charge is -2.16. The maximum Gasteiger partial charge on any atom is 0.344 e. The minimum atomic E-state index is -1.47. The average molecular weight is 475 g/mol. The number of carbonyl (C=O) groups is 1. The van der Waals surface area contributed by atoms with E-state index in [1.54, 1.807) is 13.8 Å². The highest BCUT2D eigenvalue weighted by molar-refractivity contribution is 6.01. The zero-order valence-corrected chi connectivity index (χ0v) is 20.4. The fourth-order valence-electron chi connectivity index (χ4n) is 5.01. The molecule has 1 N–H and O–H groups in total. The first-order valence-corrected chi connectivity index (χ1v) is 11.6. The molecule has 0 saturated carbocycles. The summed E-state index contributed by atoms with van der Waals surface area (Å²) in [4.78, 5) is 39.6. The lowest BCUT2D eigenvalue weighted by Crippen LogP contribution is -2.23. The van der Waals surface area contributed by atoms with Gasteiger partial charge in [0.25, 0.3) is 0 Å². The van der Waals surface area contributed by atoms with Gasteiger partial charge < -0.3 is 18.7 Å². The Labute approximate surface area is 200 Å². The van der Waals surface area contributed by atoms with Gasteiger partial charge in [0.05, 0.1) is 16.3 Å². The monoisotopic (exact) mass is 474 g/mol. The summed E-state index contributed by atoms with van der Waals surface area (Å²) in [5, 5.41) is 12.2. The van der Waals surface area contributed by atoms with Gasteiger partial charge in [0.2, 0.25) is 0 Å². The van der Waals surface area contributed by atoms with Crippen LogP contribution in [-0.2, 0) is 4.79 Å². The Hall–Kier alpha value is -3.87. The predicted octanol–water partition coefficient (Wildman–Crippen LogP) is 5.52. The normalized spacial score (nSPS) is 15.4. The SMILES string of the molecule is Cc1ccc(C(C)C)c2c(O)c(C3C(=O)Oc4c3c(=O)oc3c(C)ccc(C(C)C)c43)c(=O)oc12. The van der Waals surface area contributed by atoms with Gasteiger partial charge in [-0.25, -0.2) is 9.59 Å². The fraction of sp³-hybridized carbons (Fsp3) is 0.321.